The van der Waals surface area contributed by atoms with E-state index in [-0.39, 0.29) is 23.5 Å². The van der Waals surface area contributed by atoms with E-state index in [1.807, 2.05) is 6.92 Å². The summed E-state index contributed by atoms with van der Waals surface area (Å²) >= 11 is 0. The van der Waals surface area contributed by atoms with Gasteiger partial charge in [0, 0.05) is 6.61 Å². The summed E-state index contributed by atoms with van der Waals surface area (Å²) in [5.41, 5.74) is 0.261. The maximum Gasteiger partial charge on any atom is 0.282 e. The number of ether oxygens (including phenoxy) is 1. The number of anilines is 1. The van der Waals surface area contributed by atoms with Crippen LogP contribution in [0.4, 0.5) is 10.1 Å². The number of hydrogen-bond acceptors (Lipinski definition) is 2. The molecule has 2 heterocycles. The maximum absolute atomic E-state index is 13.7. The van der Waals surface area contributed by atoms with Crippen molar-refractivity contribution in [3.63, 3.8) is 0 Å². The lowest BCUT2D eigenvalue weighted by molar-refractivity contribution is -1.02. The van der Waals surface area contributed by atoms with E-state index in [0.717, 1.165) is 39.3 Å². The third kappa shape index (κ3) is 4.32. The molecule has 6 heteroatoms. The van der Waals surface area contributed by atoms with E-state index < -0.39 is 0 Å². The molecule has 5 nitrogen and oxygen atoms in total. The average Bonchev–Trinajstić information content (AvgIpc) is 3.10. The molecule has 0 unspecified atom stereocenters. The number of quaternary nitrogens is 2. The van der Waals surface area contributed by atoms with Crippen molar-refractivity contribution in [2.24, 2.45) is 0 Å². The van der Waals surface area contributed by atoms with Gasteiger partial charge in [-0.2, -0.15) is 0 Å². The Hall–Kier alpha value is -1.50. The summed E-state index contributed by atoms with van der Waals surface area (Å²) in [6, 6.07) is 6.13. The van der Waals surface area contributed by atoms with E-state index in [0.29, 0.717) is 6.10 Å². The summed E-state index contributed by atoms with van der Waals surface area (Å²) in [7, 11) is 0. The Bertz CT molecular complexity index is 555. The summed E-state index contributed by atoms with van der Waals surface area (Å²) in [5.74, 6) is -0.503. The van der Waals surface area contributed by atoms with Crippen LogP contribution in [0.25, 0.3) is 0 Å². The minimum absolute atomic E-state index is 0.113. The van der Waals surface area contributed by atoms with Crippen molar-refractivity contribution in [3.8, 4) is 0 Å². The molecule has 0 saturated carbocycles. The number of benzene rings is 1. The summed E-state index contributed by atoms with van der Waals surface area (Å²) in [6.45, 7) is 7.98. The first-order valence-electron chi connectivity index (χ1n) is 8.98. The quantitative estimate of drug-likeness (QED) is 0.653. The SMILES string of the molecule is C[C@@H](C(=O)Nc1ccccc1F)[NH+]1CC[NH+](C[C@H]2CCCO2)CC1. The lowest BCUT2D eigenvalue weighted by Crippen LogP contribution is -3.30. The molecule has 3 rings (SSSR count). The highest BCUT2D eigenvalue weighted by Crippen LogP contribution is 2.12. The van der Waals surface area contributed by atoms with Gasteiger partial charge in [0.1, 0.15) is 44.6 Å². The van der Waals surface area contributed by atoms with Crippen molar-refractivity contribution >= 4 is 11.6 Å². The van der Waals surface area contributed by atoms with Crippen molar-refractivity contribution < 1.29 is 23.7 Å². The predicted molar refractivity (Wildman–Crippen MR) is 89.7 cm³/mol. The third-order valence-corrected chi connectivity index (χ3v) is 5.28. The van der Waals surface area contributed by atoms with Crippen molar-refractivity contribution in [3.05, 3.63) is 30.1 Å². The van der Waals surface area contributed by atoms with Gasteiger partial charge in [0.25, 0.3) is 5.91 Å². The molecule has 1 aromatic carbocycles. The van der Waals surface area contributed by atoms with Crippen LogP contribution in [0.15, 0.2) is 24.3 Å². The van der Waals surface area contributed by atoms with Crippen LogP contribution in [0.1, 0.15) is 19.8 Å². The van der Waals surface area contributed by atoms with Gasteiger partial charge in [0.15, 0.2) is 6.04 Å². The number of carbonyl (C=O) groups excluding carboxylic acids is 1. The number of para-hydroxylation sites is 1. The average molecular weight is 337 g/mol. The first kappa shape index (κ1) is 17.3. The molecule has 2 aliphatic heterocycles. The van der Waals surface area contributed by atoms with Crippen molar-refractivity contribution in [2.75, 3.05) is 44.6 Å². The second-order valence-electron chi connectivity index (χ2n) is 6.94. The number of hydrogen-bond donors (Lipinski definition) is 3. The monoisotopic (exact) mass is 337 g/mol. The highest BCUT2D eigenvalue weighted by Gasteiger charge is 2.32. The largest absolute Gasteiger partial charge is 0.372 e. The first-order chi connectivity index (χ1) is 11.6. The normalized spacial score (nSPS) is 28.5. The number of piperazine rings is 1. The molecule has 0 bridgehead atoms. The van der Waals surface area contributed by atoms with Crippen LogP contribution in [-0.2, 0) is 9.53 Å². The van der Waals surface area contributed by atoms with Gasteiger partial charge in [-0.1, -0.05) is 12.1 Å². The van der Waals surface area contributed by atoms with Crippen LogP contribution in [0.5, 0.6) is 0 Å². The fraction of sp³-hybridized carbons (Fsp3) is 0.611. The van der Waals surface area contributed by atoms with Gasteiger partial charge >= 0.3 is 0 Å². The summed E-state index contributed by atoms with van der Waals surface area (Å²) in [4.78, 5) is 15.3. The summed E-state index contributed by atoms with van der Waals surface area (Å²) in [5, 5.41) is 2.72. The van der Waals surface area contributed by atoms with E-state index in [9.17, 15) is 9.18 Å². The topological polar surface area (TPSA) is 47.2 Å². The third-order valence-electron chi connectivity index (χ3n) is 5.28. The van der Waals surface area contributed by atoms with Crippen molar-refractivity contribution in [2.45, 2.75) is 31.9 Å². The summed E-state index contributed by atoms with van der Waals surface area (Å²) in [6.07, 6.45) is 2.78. The van der Waals surface area contributed by atoms with Crippen LogP contribution in [0.3, 0.4) is 0 Å². The van der Waals surface area contributed by atoms with Gasteiger partial charge in [0.05, 0.1) is 5.69 Å². The Kier molecular flexibility index (Phi) is 5.81. The van der Waals surface area contributed by atoms with Gasteiger partial charge in [-0.05, 0) is 31.9 Å². The van der Waals surface area contributed by atoms with E-state index in [2.05, 4.69) is 5.32 Å². The molecular formula is C18H28FN3O2+2. The maximum atomic E-state index is 13.7. The molecule has 2 atom stereocenters. The Labute approximate surface area is 142 Å². The van der Waals surface area contributed by atoms with Gasteiger partial charge in [0.2, 0.25) is 0 Å². The zero-order chi connectivity index (χ0) is 16.9. The molecule has 3 N–H and O–H groups in total. The Morgan fingerprint density at radius 3 is 2.75 bits per heavy atom. The van der Waals surface area contributed by atoms with Gasteiger partial charge in [-0.15, -0.1) is 0 Å². The van der Waals surface area contributed by atoms with Crippen LogP contribution >= 0.6 is 0 Å². The van der Waals surface area contributed by atoms with E-state index in [4.69, 9.17) is 4.74 Å². The molecule has 2 fully saturated rings. The molecule has 0 aromatic heterocycles. The molecule has 24 heavy (non-hydrogen) atoms. The first-order valence-corrected chi connectivity index (χ1v) is 8.98. The zero-order valence-electron chi connectivity index (χ0n) is 14.3. The van der Waals surface area contributed by atoms with E-state index >= 15 is 0 Å². The number of rotatable bonds is 5. The second kappa shape index (κ2) is 8.05. The van der Waals surface area contributed by atoms with Crippen LogP contribution in [0, 0.1) is 5.82 Å². The molecule has 1 amide bonds. The smallest absolute Gasteiger partial charge is 0.282 e. The Morgan fingerprint density at radius 1 is 1.33 bits per heavy atom. The minimum Gasteiger partial charge on any atom is -0.372 e. The fourth-order valence-corrected chi connectivity index (χ4v) is 3.68. The highest BCUT2D eigenvalue weighted by atomic mass is 19.1. The lowest BCUT2D eigenvalue weighted by Gasteiger charge is -2.33. The molecule has 132 valence electrons. The van der Waals surface area contributed by atoms with Crippen molar-refractivity contribution in [1.29, 1.82) is 0 Å². The van der Waals surface area contributed by atoms with E-state index in [1.54, 1.807) is 23.1 Å². The number of amides is 1. The number of halogens is 1. The molecule has 2 saturated heterocycles. The van der Waals surface area contributed by atoms with Crippen molar-refractivity contribution in [1.82, 2.24) is 0 Å². The van der Waals surface area contributed by atoms with Gasteiger partial charge < -0.3 is 19.9 Å². The molecule has 1 aromatic rings. The highest BCUT2D eigenvalue weighted by molar-refractivity contribution is 5.93. The zero-order valence-corrected chi connectivity index (χ0v) is 14.3. The fourth-order valence-electron chi connectivity index (χ4n) is 3.68. The Balaban J connectivity index is 1.46. The van der Waals surface area contributed by atoms with Gasteiger partial charge in [-0.3, -0.25) is 4.79 Å². The van der Waals surface area contributed by atoms with Crippen LogP contribution < -0.4 is 15.1 Å². The molecule has 0 radical (unpaired) electrons. The van der Waals surface area contributed by atoms with Crippen LogP contribution in [-0.4, -0.2) is 57.4 Å². The second-order valence-corrected chi connectivity index (χ2v) is 6.94. The number of nitrogens with one attached hydrogen (secondary N) is 3. The van der Waals surface area contributed by atoms with Crippen LogP contribution in [0.2, 0.25) is 0 Å². The predicted octanol–water partition coefficient (Wildman–Crippen LogP) is -0.885. The van der Waals surface area contributed by atoms with Gasteiger partial charge in [-0.25, -0.2) is 4.39 Å². The standard InChI is InChI=1S/C18H26FN3O2/c1-14(18(23)20-17-7-3-2-6-16(17)19)22-10-8-21(9-11-22)13-15-5-4-12-24-15/h2-3,6-7,14-15H,4-5,8-13H2,1H3,(H,20,23)/p+2/t14-,15+/m0/s1. The molecule has 0 spiro atoms. The van der Waals surface area contributed by atoms with E-state index in [1.165, 1.54) is 23.8 Å². The summed E-state index contributed by atoms with van der Waals surface area (Å²) < 4.78 is 19.4. The minimum atomic E-state index is -0.390. The molecular weight excluding hydrogens is 309 g/mol. The Morgan fingerprint density at radius 2 is 2.08 bits per heavy atom. The lowest BCUT2D eigenvalue weighted by atomic mass is 10.2. The molecule has 0 aliphatic carbocycles. The number of carbonyl (C=O) groups is 1. The molecule has 2 aliphatic rings.